The number of hydrogen-bond donors (Lipinski definition) is 3. The van der Waals surface area contributed by atoms with Gasteiger partial charge < -0.3 is 20.3 Å². The number of ether oxygens (including phenoxy) is 1. The zero-order valence-electron chi connectivity index (χ0n) is 47.8. The molecule has 0 aliphatic rings. The molecule has 0 rings (SSSR count). The van der Waals surface area contributed by atoms with Gasteiger partial charge in [0.15, 0.2) is 0 Å². The molecule has 3 N–H and O–H groups in total. The van der Waals surface area contributed by atoms with Gasteiger partial charge in [-0.15, -0.1) is 0 Å². The first-order valence-corrected chi connectivity index (χ1v) is 32.3. The molecule has 0 bridgehead atoms. The van der Waals surface area contributed by atoms with Crippen molar-refractivity contribution < 1.29 is 24.5 Å². The van der Waals surface area contributed by atoms with E-state index in [0.717, 1.165) is 38.5 Å². The van der Waals surface area contributed by atoms with E-state index in [9.17, 15) is 19.8 Å². The Labute approximate surface area is 438 Å². The van der Waals surface area contributed by atoms with E-state index in [-0.39, 0.29) is 18.5 Å². The second-order valence-electron chi connectivity index (χ2n) is 22.5. The van der Waals surface area contributed by atoms with Crippen LogP contribution in [0.4, 0.5) is 0 Å². The molecule has 0 spiro atoms. The Kier molecular flexibility index (Phi) is 59.4. The van der Waals surface area contributed by atoms with Crippen LogP contribution in [0.2, 0.25) is 0 Å². The van der Waals surface area contributed by atoms with Gasteiger partial charge in [-0.1, -0.05) is 335 Å². The van der Waals surface area contributed by atoms with Gasteiger partial charge in [-0.05, 0) is 25.7 Å². The third-order valence-corrected chi connectivity index (χ3v) is 15.4. The van der Waals surface area contributed by atoms with E-state index in [0.29, 0.717) is 25.9 Å². The predicted molar refractivity (Wildman–Crippen MR) is 306 cm³/mol. The second kappa shape index (κ2) is 60.4. The fraction of sp³-hybridized carbons (Fsp3) is 0.969. The monoisotopic (exact) mass is 990 g/mol. The number of rotatable bonds is 61. The molecule has 0 aliphatic heterocycles. The summed E-state index contributed by atoms with van der Waals surface area (Å²) in [5.74, 6) is -0.0193. The fourth-order valence-electron chi connectivity index (χ4n) is 10.5. The third-order valence-electron chi connectivity index (χ3n) is 15.4. The summed E-state index contributed by atoms with van der Waals surface area (Å²) in [6.07, 6.45) is 71.2. The van der Waals surface area contributed by atoms with Crippen LogP contribution >= 0.6 is 0 Å². The topological polar surface area (TPSA) is 95.9 Å². The van der Waals surface area contributed by atoms with Crippen molar-refractivity contribution in [3.63, 3.8) is 0 Å². The molecular weight excluding hydrogens is 863 g/mol. The summed E-state index contributed by atoms with van der Waals surface area (Å²) in [5.41, 5.74) is 0. The Balaban J connectivity index is 3.38. The zero-order valence-corrected chi connectivity index (χ0v) is 47.8. The van der Waals surface area contributed by atoms with Crippen molar-refractivity contribution in [2.24, 2.45) is 0 Å². The van der Waals surface area contributed by atoms with E-state index in [2.05, 4.69) is 19.2 Å². The molecule has 0 aromatic carbocycles. The SMILES string of the molecule is CCCCCCCCCCCCCCCCCCCCCCCC(O)C(CO)NC(=O)CCCCCCCCCCCCCCCCCCCCCCOC(=O)CCCCCCCCCCCCCC. The molecule has 1 amide bonds. The Hall–Kier alpha value is -1.14. The molecular formula is C64H127NO5. The van der Waals surface area contributed by atoms with Gasteiger partial charge in [-0.3, -0.25) is 9.59 Å². The minimum absolute atomic E-state index is 0.0126. The molecule has 0 radical (unpaired) electrons. The van der Waals surface area contributed by atoms with E-state index in [1.54, 1.807) is 0 Å². The highest BCUT2D eigenvalue weighted by Crippen LogP contribution is 2.19. The lowest BCUT2D eigenvalue weighted by Crippen LogP contribution is -2.45. The van der Waals surface area contributed by atoms with E-state index >= 15 is 0 Å². The maximum Gasteiger partial charge on any atom is 0.305 e. The first kappa shape index (κ1) is 68.9. The number of amides is 1. The van der Waals surface area contributed by atoms with Crippen LogP contribution in [0, 0.1) is 0 Å². The van der Waals surface area contributed by atoms with Crippen molar-refractivity contribution in [2.45, 2.75) is 386 Å². The van der Waals surface area contributed by atoms with Crippen LogP contribution in [0.5, 0.6) is 0 Å². The number of hydrogen-bond acceptors (Lipinski definition) is 5. The van der Waals surface area contributed by atoms with E-state index in [4.69, 9.17) is 4.74 Å². The number of aliphatic hydroxyl groups excluding tert-OH is 2. The molecule has 0 aromatic rings. The normalized spacial score (nSPS) is 12.5. The van der Waals surface area contributed by atoms with Crippen LogP contribution in [-0.2, 0) is 14.3 Å². The molecule has 70 heavy (non-hydrogen) atoms. The number of aliphatic hydroxyl groups is 2. The number of carbonyl (C=O) groups excluding carboxylic acids is 2. The molecule has 2 atom stereocenters. The van der Waals surface area contributed by atoms with Gasteiger partial charge in [0.1, 0.15) is 0 Å². The van der Waals surface area contributed by atoms with Crippen molar-refractivity contribution in [1.82, 2.24) is 5.32 Å². The van der Waals surface area contributed by atoms with Gasteiger partial charge in [0, 0.05) is 12.8 Å². The largest absolute Gasteiger partial charge is 0.466 e. The lowest BCUT2D eigenvalue weighted by atomic mass is 10.0. The van der Waals surface area contributed by atoms with Crippen LogP contribution in [-0.4, -0.2) is 47.4 Å². The molecule has 418 valence electrons. The van der Waals surface area contributed by atoms with E-state index < -0.39 is 12.1 Å². The Morgan fingerprint density at radius 1 is 0.343 bits per heavy atom. The zero-order chi connectivity index (χ0) is 50.7. The summed E-state index contributed by atoms with van der Waals surface area (Å²) in [6, 6.07) is -0.542. The van der Waals surface area contributed by atoms with Crippen molar-refractivity contribution in [3.8, 4) is 0 Å². The van der Waals surface area contributed by atoms with Crippen molar-refractivity contribution in [3.05, 3.63) is 0 Å². The maximum atomic E-state index is 12.5. The van der Waals surface area contributed by atoms with E-state index in [1.807, 2.05) is 0 Å². The number of carbonyl (C=O) groups is 2. The minimum Gasteiger partial charge on any atom is -0.466 e. The number of esters is 1. The molecule has 6 nitrogen and oxygen atoms in total. The molecule has 0 saturated carbocycles. The number of unbranched alkanes of at least 4 members (excludes halogenated alkanes) is 50. The Morgan fingerprint density at radius 3 is 0.871 bits per heavy atom. The summed E-state index contributed by atoms with van der Waals surface area (Å²) in [7, 11) is 0. The molecule has 6 heteroatoms. The highest BCUT2D eigenvalue weighted by atomic mass is 16.5. The summed E-state index contributed by atoms with van der Waals surface area (Å²) < 4.78 is 5.48. The smallest absolute Gasteiger partial charge is 0.305 e. The van der Waals surface area contributed by atoms with Crippen molar-refractivity contribution in [2.75, 3.05) is 13.2 Å². The standard InChI is InChI=1S/C64H127NO5/c1-3-5-7-9-11-13-15-17-18-19-20-21-24-27-30-33-36-40-44-48-52-56-62(67)61(60-66)65-63(68)57-53-49-45-41-37-34-31-28-25-22-23-26-29-32-35-39-43-47-51-55-59-70-64(69)58-54-50-46-42-38-16-14-12-10-8-6-4-2/h61-62,66-67H,3-60H2,1-2H3,(H,65,68). The predicted octanol–water partition coefficient (Wildman–Crippen LogP) is 20.3. The third kappa shape index (κ3) is 56.2. The molecule has 0 saturated heterocycles. The van der Waals surface area contributed by atoms with Gasteiger partial charge in [-0.25, -0.2) is 0 Å². The fourth-order valence-corrected chi connectivity index (χ4v) is 10.5. The first-order chi connectivity index (χ1) is 34.5. The maximum absolute atomic E-state index is 12.5. The van der Waals surface area contributed by atoms with Gasteiger partial charge in [0.05, 0.1) is 25.4 Å². The van der Waals surface area contributed by atoms with E-state index in [1.165, 1.54) is 302 Å². The van der Waals surface area contributed by atoms with Crippen LogP contribution < -0.4 is 5.32 Å². The van der Waals surface area contributed by atoms with Crippen LogP contribution in [0.25, 0.3) is 0 Å². The average Bonchev–Trinajstić information content (AvgIpc) is 3.36. The van der Waals surface area contributed by atoms with Gasteiger partial charge in [0.25, 0.3) is 0 Å². The van der Waals surface area contributed by atoms with Crippen LogP contribution in [0.3, 0.4) is 0 Å². The summed E-state index contributed by atoms with van der Waals surface area (Å²) >= 11 is 0. The summed E-state index contributed by atoms with van der Waals surface area (Å²) in [6.45, 7) is 4.99. The Morgan fingerprint density at radius 2 is 0.586 bits per heavy atom. The quantitative estimate of drug-likeness (QED) is 0.0417. The molecule has 0 aliphatic carbocycles. The Bertz CT molecular complexity index is 1010. The summed E-state index contributed by atoms with van der Waals surface area (Å²) in [5, 5.41) is 23.4. The highest BCUT2D eigenvalue weighted by molar-refractivity contribution is 5.76. The first-order valence-electron chi connectivity index (χ1n) is 32.3. The van der Waals surface area contributed by atoms with Crippen LogP contribution in [0.15, 0.2) is 0 Å². The minimum atomic E-state index is -0.665. The highest BCUT2D eigenvalue weighted by Gasteiger charge is 2.20. The van der Waals surface area contributed by atoms with Gasteiger partial charge >= 0.3 is 5.97 Å². The molecule has 2 unspecified atom stereocenters. The van der Waals surface area contributed by atoms with Crippen LogP contribution in [0.1, 0.15) is 373 Å². The molecule has 0 aromatic heterocycles. The lowest BCUT2D eigenvalue weighted by Gasteiger charge is -2.22. The second-order valence-corrected chi connectivity index (χ2v) is 22.5. The molecule has 0 fully saturated rings. The van der Waals surface area contributed by atoms with Gasteiger partial charge in [-0.2, -0.15) is 0 Å². The summed E-state index contributed by atoms with van der Waals surface area (Å²) in [4.78, 5) is 24.5. The van der Waals surface area contributed by atoms with Crippen molar-refractivity contribution in [1.29, 1.82) is 0 Å². The lowest BCUT2D eigenvalue weighted by molar-refractivity contribution is -0.143. The van der Waals surface area contributed by atoms with Crippen molar-refractivity contribution >= 4 is 11.9 Å². The van der Waals surface area contributed by atoms with Gasteiger partial charge in [0.2, 0.25) is 5.91 Å². The average molecular weight is 991 g/mol. The number of nitrogens with one attached hydrogen (secondary N) is 1. The molecule has 0 heterocycles.